The summed E-state index contributed by atoms with van der Waals surface area (Å²) >= 11 is 0. The summed E-state index contributed by atoms with van der Waals surface area (Å²) < 4.78 is 1.26. The maximum Gasteiger partial charge on any atom is 0.357 e. The van der Waals surface area contributed by atoms with Gasteiger partial charge >= 0.3 is 5.69 Å². The van der Waals surface area contributed by atoms with Crippen molar-refractivity contribution in [2.45, 2.75) is 6.42 Å². The Morgan fingerprint density at radius 2 is 1.83 bits per heavy atom. The number of hydrogen-bond donors (Lipinski definition) is 2. The first kappa shape index (κ1) is 18.0. The topological polar surface area (TPSA) is 141 Å². The lowest BCUT2D eigenvalue weighted by molar-refractivity contribution is -0.384. The van der Waals surface area contributed by atoms with Crippen molar-refractivity contribution >= 4 is 28.4 Å². The molecule has 0 saturated carbocycles. The highest BCUT2D eigenvalue weighted by Crippen LogP contribution is 2.28. The highest BCUT2D eigenvalue weighted by atomic mass is 16.6. The number of hydrazine groups is 1. The Labute approximate surface area is 163 Å². The van der Waals surface area contributed by atoms with E-state index in [-0.39, 0.29) is 24.0 Å². The fourth-order valence-electron chi connectivity index (χ4n) is 2.76. The second kappa shape index (κ2) is 7.68. The molecule has 4 rings (SSSR count). The van der Waals surface area contributed by atoms with Gasteiger partial charge in [0.2, 0.25) is 17.5 Å². The minimum absolute atomic E-state index is 0.0708. The Morgan fingerprint density at radius 3 is 2.62 bits per heavy atom. The molecule has 0 bridgehead atoms. The molecule has 0 fully saturated rings. The molecule has 0 aliphatic rings. The molecule has 0 spiro atoms. The van der Waals surface area contributed by atoms with Gasteiger partial charge in [-0.05, 0) is 17.7 Å². The minimum Gasteiger partial charge on any atom is -0.276 e. The number of amides is 1. The smallest absolute Gasteiger partial charge is 0.276 e. The van der Waals surface area contributed by atoms with Crippen molar-refractivity contribution in [3.63, 3.8) is 0 Å². The summed E-state index contributed by atoms with van der Waals surface area (Å²) in [5.74, 6) is -0.614. The van der Waals surface area contributed by atoms with E-state index < -0.39 is 10.6 Å². The summed E-state index contributed by atoms with van der Waals surface area (Å²) in [7, 11) is 0. The van der Waals surface area contributed by atoms with Crippen molar-refractivity contribution in [2.75, 3.05) is 5.43 Å². The molecule has 0 aliphatic carbocycles. The maximum atomic E-state index is 12.1. The first-order valence-corrected chi connectivity index (χ1v) is 8.52. The number of anilines is 1. The van der Waals surface area contributed by atoms with Gasteiger partial charge in [0, 0.05) is 0 Å². The zero-order chi connectivity index (χ0) is 20.2. The molecule has 0 unspecified atom stereocenters. The number of carbonyl (C=O) groups is 1. The van der Waals surface area contributed by atoms with E-state index in [0.717, 1.165) is 11.9 Å². The fraction of sp³-hybridized carbons (Fsp3) is 0.0556. The van der Waals surface area contributed by atoms with Crippen molar-refractivity contribution in [2.24, 2.45) is 0 Å². The van der Waals surface area contributed by atoms with E-state index >= 15 is 0 Å². The first-order valence-electron chi connectivity index (χ1n) is 8.52. The third-order valence-corrected chi connectivity index (χ3v) is 4.07. The number of carbonyl (C=O) groups excluding carboxylic acids is 1. The summed E-state index contributed by atoms with van der Waals surface area (Å²) in [5.41, 5.74) is 6.41. The van der Waals surface area contributed by atoms with E-state index in [1.807, 2.05) is 18.2 Å². The van der Waals surface area contributed by atoms with Crippen LogP contribution < -0.4 is 10.9 Å². The van der Waals surface area contributed by atoms with Crippen LogP contribution in [0.3, 0.4) is 0 Å². The van der Waals surface area contributed by atoms with Crippen LogP contribution in [-0.2, 0) is 11.2 Å². The standard InChI is InChI=1S/C18H14N8O3/c27-15(10-12-6-2-1-3-7-12)22-23-17-16(26(28)29)18(20-11-19-17)25-14-9-5-4-8-13(14)21-24-25/h1-9,11H,10H2,(H,22,27)(H,19,20,23). The molecule has 11 heteroatoms. The lowest BCUT2D eigenvalue weighted by Gasteiger charge is -2.10. The maximum absolute atomic E-state index is 12.1. The molecule has 29 heavy (non-hydrogen) atoms. The van der Waals surface area contributed by atoms with E-state index in [4.69, 9.17) is 0 Å². The minimum atomic E-state index is -0.641. The van der Waals surface area contributed by atoms with Crippen molar-refractivity contribution in [3.8, 4) is 5.82 Å². The number of nitrogens with one attached hydrogen (secondary N) is 2. The van der Waals surface area contributed by atoms with E-state index in [1.54, 1.807) is 36.4 Å². The van der Waals surface area contributed by atoms with Crippen LogP contribution >= 0.6 is 0 Å². The van der Waals surface area contributed by atoms with Crippen molar-refractivity contribution in [1.82, 2.24) is 30.4 Å². The van der Waals surface area contributed by atoms with Crippen molar-refractivity contribution < 1.29 is 9.72 Å². The summed E-state index contributed by atoms with van der Waals surface area (Å²) in [6, 6.07) is 16.1. The number of fused-ring (bicyclic) bond motifs is 1. The van der Waals surface area contributed by atoms with Gasteiger partial charge in [0.15, 0.2) is 0 Å². The molecule has 0 saturated heterocycles. The highest BCUT2D eigenvalue weighted by molar-refractivity contribution is 5.81. The Bertz CT molecular complexity index is 1190. The van der Waals surface area contributed by atoms with Crippen LogP contribution in [0.4, 0.5) is 11.5 Å². The van der Waals surface area contributed by atoms with Crippen molar-refractivity contribution in [3.05, 3.63) is 76.6 Å². The largest absolute Gasteiger partial charge is 0.357 e. The van der Waals surface area contributed by atoms with Crippen molar-refractivity contribution in [1.29, 1.82) is 0 Å². The summed E-state index contributed by atoms with van der Waals surface area (Å²) in [6.45, 7) is 0. The fourth-order valence-corrected chi connectivity index (χ4v) is 2.76. The highest BCUT2D eigenvalue weighted by Gasteiger charge is 2.26. The van der Waals surface area contributed by atoms with Gasteiger partial charge in [0.1, 0.15) is 11.8 Å². The number of nitro groups is 1. The molecule has 0 aliphatic heterocycles. The predicted molar refractivity (Wildman–Crippen MR) is 103 cm³/mol. The number of benzene rings is 2. The van der Waals surface area contributed by atoms with E-state index in [1.165, 1.54) is 4.68 Å². The molecule has 0 radical (unpaired) electrons. The normalized spacial score (nSPS) is 10.6. The molecule has 2 N–H and O–H groups in total. The van der Waals surface area contributed by atoms with Gasteiger partial charge in [-0.25, -0.2) is 9.97 Å². The Balaban J connectivity index is 1.62. The number of hydrogen-bond acceptors (Lipinski definition) is 8. The summed E-state index contributed by atoms with van der Waals surface area (Å²) in [4.78, 5) is 31.1. The van der Waals surface area contributed by atoms with Crippen LogP contribution in [0.1, 0.15) is 5.56 Å². The van der Waals surface area contributed by atoms with E-state index in [0.29, 0.717) is 11.0 Å². The summed E-state index contributed by atoms with van der Waals surface area (Å²) in [5, 5.41) is 19.7. The monoisotopic (exact) mass is 390 g/mol. The summed E-state index contributed by atoms with van der Waals surface area (Å²) in [6.07, 6.45) is 1.25. The number of aromatic nitrogens is 5. The van der Waals surface area contributed by atoms with E-state index in [2.05, 4.69) is 31.1 Å². The quantitative estimate of drug-likeness (QED) is 0.375. The molecule has 0 atom stereocenters. The van der Waals surface area contributed by atoms with Crippen LogP contribution in [-0.4, -0.2) is 35.8 Å². The van der Waals surface area contributed by atoms with E-state index in [9.17, 15) is 14.9 Å². The van der Waals surface area contributed by atoms with Crippen LogP contribution in [0.5, 0.6) is 0 Å². The lowest BCUT2D eigenvalue weighted by Crippen LogP contribution is -2.31. The third-order valence-electron chi connectivity index (χ3n) is 4.07. The Kier molecular flexibility index (Phi) is 4.76. The average Bonchev–Trinajstić information content (AvgIpc) is 3.16. The predicted octanol–water partition coefficient (Wildman–Crippen LogP) is 1.80. The van der Waals surface area contributed by atoms with Gasteiger partial charge < -0.3 is 0 Å². The van der Waals surface area contributed by atoms with Crippen LogP contribution in [0.25, 0.3) is 16.9 Å². The number of para-hydroxylation sites is 1. The zero-order valence-electron chi connectivity index (χ0n) is 14.9. The molecule has 2 aromatic heterocycles. The average molecular weight is 390 g/mol. The number of nitrogens with zero attached hydrogens (tertiary/aromatic N) is 6. The van der Waals surface area contributed by atoms with Gasteiger partial charge in [-0.3, -0.25) is 25.8 Å². The van der Waals surface area contributed by atoms with Gasteiger partial charge in [-0.2, -0.15) is 4.68 Å². The van der Waals surface area contributed by atoms with Crippen LogP contribution in [0.2, 0.25) is 0 Å². The van der Waals surface area contributed by atoms with Gasteiger partial charge in [-0.15, -0.1) is 5.10 Å². The molecule has 11 nitrogen and oxygen atoms in total. The molecule has 4 aromatic rings. The Hall–Kier alpha value is -4.41. The molecule has 1 amide bonds. The van der Waals surface area contributed by atoms with Gasteiger partial charge in [-0.1, -0.05) is 47.7 Å². The molecule has 144 valence electrons. The zero-order valence-corrected chi connectivity index (χ0v) is 14.9. The molecular weight excluding hydrogens is 376 g/mol. The van der Waals surface area contributed by atoms with Gasteiger partial charge in [0.25, 0.3) is 0 Å². The molecule has 2 aromatic carbocycles. The lowest BCUT2D eigenvalue weighted by atomic mass is 10.1. The Morgan fingerprint density at radius 1 is 1.07 bits per heavy atom. The first-order chi connectivity index (χ1) is 14.1. The van der Waals surface area contributed by atoms with Gasteiger partial charge in [0.05, 0.1) is 16.9 Å². The van der Waals surface area contributed by atoms with Crippen LogP contribution in [0.15, 0.2) is 60.9 Å². The molecule has 2 heterocycles. The molecular formula is C18H14N8O3. The SMILES string of the molecule is O=C(Cc1ccccc1)NNc1ncnc(-n2nnc3ccccc32)c1[N+](=O)[O-]. The van der Waals surface area contributed by atoms with Crippen LogP contribution in [0, 0.1) is 10.1 Å². The third kappa shape index (κ3) is 3.69. The number of rotatable bonds is 6. The second-order valence-electron chi connectivity index (χ2n) is 5.98. The second-order valence-corrected chi connectivity index (χ2v) is 5.98.